The first-order valence-electron chi connectivity index (χ1n) is 6.76. The van der Waals surface area contributed by atoms with Gasteiger partial charge in [-0.05, 0) is 50.9 Å². The third kappa shape index (κ3) is 3.71. The van der Waals surface area contributed by atoms with E-state index >= 15 is 0 Å². The molecule has 2 unspecified atom stereocenters. The molecule has 0 aliphatic carbocycles. The minimum absolute atomic E-state index is 0.114. The fourth-order valence-corrected chi connectivity index (χ4v) is 2.69. The number of rotatable bonds is 4. The van der Waals surface area contributed by atoms with Gasteiger partial charge in [0.1, 0.15) is 0 Å². The van der Waals surface area contributed by atoms with E-state index in [0.29, 0.717) is 0 Å². The summed E-state index contributed by atoms with van der Waals surface area (Å²) in [5.74, 6) is 0.145. The number of halogens is 1. The van der Waals surface area contributed by atoms with Gasteiger partial charge in [0.05, 0.1) is 5.41 Å². The first-order chi connectivity index (χ1) is 8.99. The lowest BCUT2D eigenvalue weighted by Crippen LogP contribution is -2.44. The minimum atomic E-state index is -0.261. The molecule has 19 heavy (non-hydrogen) atoms. The van der Waals surface area contributed by atoms with Crippen molar-refractivity contribution in [1.29, 1.82) is 0 Å². The van der Waals surface area contributed by atoms with E-state index in [1.165, 1.54) is 0 Å². The highest BCUT2D eigenvalue weighted by atomic mass is 35.5. The van der Waals surface area contributed by atoms with Crippen LogP contribution in [0.2, 0.25) is 5.02 Å². The maximum atomic E-state index is 12.3. The summed E-state index contributed by atoms with van der Waals surface area (Å²) < 4.78 is 0. The Bertz CT molecular complexity index is 455. The Hall–Kier alpha value is -1.06. The quantitative estimate of drug-likeness (QED) is 0.889. The van der Waals surface area contributed by atoms with E-state index in [2.05, 4.69) is 10.6 Å². The van der Waals surface area contributed by atoms with Gasteiger partial charge in [-0.2, -0.15) is 0 Å². The van der Waals surface area contributed by atoms with Crippen molar-refractivity contribution in [3.8, 4) is 0 Å². The molecule has 1 aromatic rings. The Labute approximate surface area is 119 Å². The molecule has 1 aromatic carbocycles. The molecular formula is C15H21ClN2O. The zero-order chi connectivity index (χ0) is 13.9. The van der Waals surface area contributed by atoms with Crippen LogP contribution >= 0.6 is 11.6 Å². The predicted molar refractivity (Wildman–Crippen MR) is 78.4 cm³/mol. The molecule has 1 aliphatic rings. The highest BCUT2D eigenvalue weighted by Gasteiger charge is 2.36. The van der Waals surface area contributed by atoms with Gasteiger partial charge in [0, 0.05) is 17.6 Å². The van der Waals surface area contributed by atoms with Gasteiger partial charge in [-0.25, -0.2) is 0 Å². The first kappa shape index (κ1) is 14.4. The lowest BCUT2D eigenvalue weighted by atomic mass is 9.88. The molecule has 2 atom stereocenters. The Morgan fingerprint density at radius 1 is 1.58 bits per heavy atom. The van der Waals surface area contributed by atoms with Crippen LogP contribution < -0.4 is 10.6 Å². The van der Waals surface area contributed by atoms with E-state index in [4.69, 9.17) is 11.6 Å². The van der Waals surface area contributed by atoms with Gasteiger partial charge in [-0.15, -0.1) is 0 Å². The third-order valence-corrected chi connectivity index (χ3v) is 3.96. The molecule has 3 nitrogen and oxygen atoms in total. The smallest absolute Gasteiger partial charge is 0.227 e. The van der Waals surface area contributed by atoms with E-state index in [0.717, 1.165) is 36.5 Å². The topological polar surface area (TPSA) is 41.1 Å². The van der Waals surface area contributed by atoms with Crippen LogP contribution in [0.3, 0.4) is 0 Å². The molecule has 2 N–H and O–H groups in total. The summed E-state index contributed by atoms with van der Waals surface area (Å²) in [4.78, 5) is 12.3. The lowest BCUT2D eigenvalue weighted by Gasteiger charge is -2.24. The average Bonchev–Trinajstić information content (AvgIpc) is 2.77. The number of hydrogen-bond acceptors (Lipinski definition) is 2. The number of carbonyl (C=O) groups excluding carboxylic acids is 1. The normalized spacial score (nSPS) is 24.2. The zero-order valence-electron chi connectivity index (χ0n) is 11.5. The number of hydrogen-bond donors (Lipinski definition) is 2. The SMILES string of the molecule is CC(Cc1cccc(Cl)c1)NC(=O)C1(C)CCNC1. The maximum Gasteiger partial charge on any atom is 0.227 e. The van der Waals surface area contributed by atoms with Crippen molar-refractivity contribution in [2.24, 2.45) is 5.41 Å². The van der Waals surface area contributed by atoms with Gasteiger partial charge in [0.2, 0.25) is 5.91 Å². The van der Waals surface area contributed by atoms with Crippen molar-refractivity contribution >= 4 is 17.5 Å². The first-order valence-corrected chi connectivity index (χ1v) is 7.13. The van der Waals surface area contributed by atoms with Crippen molar-refractivity contribution in [3.05, 3.63) is 34.9 Å². The van der Waals surface area contributed by atoms with Crippen molar-refractivity contribution in [2.75, 3.05) is 13.1 Å². The van der Waals surface area contributed by atoms with Crippen molar-refractivity contribution < 1.29 is 4.79 Å². The molecule has 1 saturated heterocycles. The van der Waals surface area contributed by atoms with Gasteiger partial charge < -0.3 is 10.6 Å². The van der Waals surface area contributed by atoms with Gasteiger partial charge in [0.15, 0.2) is 0 Å². The van der Waals surface area contributed by atoms with Crippen molar-refractivity contribution in [2.45, 2.75) is 32.7 Å². The zero-order valence-corrected chi connectivity index (χ0v) is 12.3. The summed E-state index contributed by atoms with van der Waals surface area (Å²) in [5, 5.41) is 7.09. The molecule has 0 spiro atoms. The molecule has 104 valence electrons. The Morgan fingerprint density at radius 3 is 3.00 bits per heavy atom. The predicted octanol–water partition coefficient (Wildman–Crippen LogP) is 2.39. The number of nitrogens with one attached hydrogen (secondary N) is 2. The van der Waals surface area contributed by atoms with E-state index in [9.17, 15) is 4.79 Å². The van der Waals surface area contributed by atoms with Crippen molar-refractivity contribution in [1.82, 2.24) is 10.6 Å². The van der Waals surface area contributed by atoms with Crippen LogP contribution in [0.25, 0.3) is 0 Å². The molecule has 0 bridgehead atoms. The molecule has 1 amide bonds. The molecule has 1 heterocycles. The molecule has 0 saturated carbocycles. The number of carbonyl (C=O) groups is 1. The second-order valence-corrected chi connectivity index (χ2v) is 6.13. The largest absolute Gasteiger partial charge is 0.353 e. The Morgan fingerprint density at radius 2 is 2.37 bits per heavy atom. The van der Waals surface area contributed by atoms with Crippen LogP contribution in [0, 0.1) is 5.41 Å². The molecule has 1 aliphatic heterocycles. The molecular weight excluding hydrogens is 260 g/mol. The highest BCUT2D eigenvalue weighted by molar-refractivity contribution is 6.30. The Balaban J connectivity index is 1.90. The van der Waals surface area contributed by atoms with Gasteiger partial charge in [0.25, 0.3) is 0 Å². The number of benzene rings is 1. The summed E-state index contributed by atoms with van der Waals surface area (Å²) >= 11 is 5.96. The standard InChI is InChI=1S/C15H21ClN2O/c1-11(8-12-4-3-5-13(16)9-12)18-14(19)15(2)6-7-17-10-15/h3-5,9,11,17H,6-8,10H2,1-2H3,(H,18,19). The fraction of sp³-hybridized carbons (Fsp3) is 0.533. The van der Waals surface area contributed by atoms with Crippen molar-refractivity contribution in [3.63, 3.8) is 0 Å². The van der Waals surface area contributed by atoms with E-state index in [-0.39, 0.29) is 17.4 Å². The van der Waals surface area contributed by atoms with Crippen LogP contribution in [0.1, 0.15) is 25.8 Å². The lowest BCUT2D eigenvalue weighted by molar-refractivity contribution is -0.129. The molecule has 2 rings (SSSR count). The summed E-state index contributed by atoms with van der Waals surface area (Å²) in [7, 11) is 0. The van der Waals surface area contributed by atoms with Gasteiger partial charge >= 0.3 is 0 Å². The Kier molecular flexibility index (Phi) is 4.48. The summed E-state index contributed by atoms with van der Waals surface area (Å²) in [5.41, 5.74) is 0.887. The molecule has 0 radical (unpaired) electrons. The van der Waals surface area contributed by atoms with Crippen LogP contribution in [-0.2, 0) is 11.2 Å². The molecule has 1 fully saturated rings. The summed E-state index contributed by atoms with van der Waals surface area (Å²) in [6.07, 6.45) is 1.71. The van der Waals surface area contributed by atoms with Crippen LogP contribution in [0.4, 0.5) is 0 Å². The molecule has 0 aromatic heterocycles. The molecule has 4 heteroatoms. The monoisotopic (exact) mass is 280 g/mol. The van der Waals surface area contributed by atoms with Crippen LogP contribution in [0.5, 0.6) is 0 Å². The van der Waals surface area contributed by atoms with Gasteiger partial charge in [-0.3, -0.25) is 4.79 Å². The average molecular weight is 281 g/mol. The minimum Gasteiger partial charge on any atom is -0.353 e. The van der Waals surface area contributed by atoms with Gasteiger partial charge in [-0.1, -0.05) is 23.7 Å². The van der Waals surface area contributed by atoms with E-state index in [1.54, 1.807) is 0 Å². The van der Waals surface area contributed by atoms with Crippen LogP contribution in [0.15, 0.2) is 24.3 Å². The highest BCUT2D eigenvalue weighted by Crippen LogP contribution is 2.24. The van der Waals surface area contributed by atoms with Crippen LogP contribution in [-0.4, -0.2) is 25.0 Å². The maximum absolute atomic E-state index is 12.3. The fourth-order valence-electron chi connectivity index (χ4n) is 2.48. The summed E-state index contributed by atoms with van der Waals surface area (Å²) in [6.45, 7) is 5.74. The number of amides is 1. The summed E-state index contributed by atoms with van der Waals surface area (Å²) in [6, 6.07) is 7.90. The van der Waals surface area contributed by atoms with E-state index < -0.39 is 0 Å². The second kappa shape index (κ2) is 5.93. The van der Waals surface area contributed by atoms with E-state index in [1.807, 2.05) is 38.1 Å². The second-order valence-electron chi connectivity index (χ2n) is 5.70. The third-order valence-electron chi connectivity index (χ3n) is 3.73.